The molecule has 0 amide bonds. The van der Waals surface area contributed by atoms with Gasteiger partial charge in [-0.1, -0.05) is 0 Å². The molecule has 0 spiro atoms. The van der Waals surface area contributed by atoms with Gasteiger partial charge in [0, 0.05) is 25.2 Å². The quantitative estimate of drug-likeness (QED) is 0.879. The zero-order valence-corrected chi connectivity index (χ0v) is 10.3. The Labute approximate surface area is 105 Å². The van der Waals surface area contributed by atoms with Gasteiger partial charge in [-0.25, -0.2) is 9.37 Å². The molecule has 96 valence electrons. The first kappa shape index (κ1) is 12.7. The van der Waals surface area contributed by atoms with Crippen LogP contribution in [0.2, 0.25) is 0 Å². The van der Waals surface area contributed by atoms with Gasteiger partial charge >= 0.3 is 0 Å². The number of aromatic nitrogens is 1. The minimum absolute atomic E-state index is 0.270. The number of benzene rings is 1. The molecule has 0 fully saturated rings. The fraction of sp³-hybridized carbons (Fsp3) is 0.308. The molecular formula is C13H16FN3O. The maximum Gasteiger partial charge on any atom is 0.226 e. The van der Waals surface area contributed by atoms with Crippen molar-refractivity contribution in [1.82, 2.24) is 9.88 Å². The van der Waals surface area contributed by atoms with Crippen LogP contribution in [0, 0.1) is 5.82 Å². The molecule has 0 saturated carbocycles. The Bertz CT molecular complexity index is 495. The van der Waals surface area contributed by atoms with Crippen molar-refractivity contribution in [2.45, 2.75) is 6.54 Å². The molecule has 2 N–H and O–H groups in total. The molecule has 0 radical (unpaired) electrons. The van der Waals surface area contributed by atoms with Crippen LogP contribution in [-0.2, 0) is 6.54 Å². The normalized spacial score (nSPS) is 11.1. The van der Waals surface area contributed by atoms with E-state index in [2.05, 4.69) is 9.88 Å². The number of nitrogens with two attached hydrogens (primary N) is 1. The van der Waals surface area contributed by atoms with Crippen LogP contribution in [0.3, 0.4) is 0 Å². The average Bonchev–Trinajstić information content (AvgIpc) is 2.78. The topological polar surface area (TPSA) is 55.3 Å². The van der Waals surface area contributed by atoms with Crippen LogP contribution in [-0.4, -0.2) is 30.0 Å². The molecule has 1 heterocycles. The predicted molar refractivity (Wildman–Crippen MR) is 67.3 cm³/mol. The Morgan fingerprint density at radius 3 is 2.72 bits per heavy atom. The second kappa shape index (κ2) is 5.75. The van der Waals surface area contributed by atoms with Crippen molar-refractivity contribution < 1.29 is 8.81 Å². The molecule has 2 aromatic rings. The van der Waals surface area contributed by atoms with E-state index in [0.29, 0.717) is 19.0 Å². The van der Waals surface area contributed by atoms with Crippen molar-refractivity contribution in [3.05, 3.63) is 42.0 Å². The molecule has 1 aromatic carbocycles. The molecule has 0 aliphatic carbocycles. The van der Waals surface area contributed by atoms with E-state index in [0.717, 1.165) is 17.8 Å². The van der Waals surface area contributed by atoms with Crippen LogP contribution in [0.25, 0.3) is 11.5 Å². The molecule has 0 atom stereocenters. The highest BCUT2D eigenvalue weighted by Gasteiger charge is 2.08. The van der Waals surface area contributed by atoms with Gasteiger partial charge in [0.2, 0.25) is 5.89 Å². The summed E-state index contributed by atoms with van der Waals surface area (Å²) in [7, 11) is 1.97. The molecule has 18 heavy (non-hydrogen) atoms. The van der Waals surface area contributed by atoms with Crippen LogP contribution in [0.1, 0.15) is 5.69 Å². The summed E-state index contributed by atoms with van der Waals surface area (Å²) in [4.78, 5) is 6.42. The molecule has 4 nitrogen and oxygen atoms in total. The molecule has 0 aliphatic heterocycles. The highest BCUT2D eigenvalue weighted by atomic mass is 19.1. The van der Waals surface area contributed by atoms with Gasteiger partial charge in [-0.15, -0.1) is 0 Å². The van der Waals surface area contributed by atoms with Crippen molar-refractivity contribution in [1.29, 1.82) is 0 Å². The number of halogens is 1. The molecular weight excluding hydrogens is 233 g/mol. The summed E-state index contributed by atoms with van der Waals surface area (Å²) in [5.41, 5.74) is 7.08. The molecule has 1 aromatic heterocycles. The Hall–Kier alpha value is -1.72. The summed E-state index contributed by atoms with van der Waals surface area (Å²) >= 11 is 0. The van der Waals surface area contributed by atoms with Crippen LogP contribution >= 0.6 is 0 Å². The van der Waals surface area contributed by atoms with Crippen LogP contribution in [0.15, 0.2) is 34.9 Å². The molecule has 2 rings (SSSR count). The van der Waals surface area contributed by atoms with Gasteiger partial charge in [-0.2, -0.15) is 0 Å². The zero-order valence-electron chi connectivity index (χ0n) is 10.3. The summed E-state index contributed by atoms with van der Waals surface area (Å²) < 4.78 is 18.2. The Balaban J connectivity index is 2.08. The van der Waals surface area contributed by atoms with Crippen molar-refractivity contribution in [2.75, 3.05) is 20.1 Å². The van der Waals surface area contributed by atoms with Gasteiger partial charge in [-0.05, 0) is 31.3 Å². The maximum atomic E-state index is 12.8. The van der Waals surface area contributed by atoms with E-state index in [-0.39, 0.29) is 5.82 Å². The zero-order chi connectivity index (χ0) is 13.0. The Morgan fingerprint density at radius 2 is 2.06 bits per heavy atom. The molecule has 0 bridgehead atoms. The summed E-state index contributed by atoms with van der Waals surface area (Å²) in [6, 6.07) is 6.07. The number of likely N-dealkylation sites (N-methyl/N-ethyl adjacent to an activating group) is 1. The maximum absolute atomic E-state index is 12.8. The van der Waals surface area contributed by atoms with E-state index in [1.807, 2.05) is 7.05 Å². The number of nitrogens with zero attached hydrogens (tertiary/aromatic N) is 2. The smallest absolute Gasteiger partial charge is 0.226 e. The standard InChI is InChI=1S/C13H16FN3O/c1-17(7-6-15)8-12-9-18-13(16-12)10-2-4-11(14)5-3-10/h2-5,9H,6-8,15H2,1H3. The van der Waals surface area contributed by atoms with Crippen molar-refractivity contribution >= 4 is 0 Å². The second-order valence-electron chi connectivity index (χ2n) is 4.18. The van der Waals surface area contributed by atoms with E-state index in [1.165, 1.54) is 12.1 Å². The summed E-state index contributed by atoms with van der Waals surface area (Å²) in [6.45, 7) is 2.10. The summed E-state index contributed by atoms with van der Waals surface area (Å²) in [5.74, 6) is 0.236. The third kappa shape index (κ3) is 3.15. The molecule has 5 heteroatoms. The minimum Gasteiger partial charge on any atom is -0.444 e. The van der Waals surface area contributed by atoms with E-state index in [1.54, 1.807) is 18.4 Å². The van der Waals surface area contributed by atoms with Gasteiger partial charge in [-0.3, -0.25) is 4.90 Å². The highest BCUT2D eigenvalue weighted by Crippen LogP contribution is 2.19. The van der Waals surface area contributed by atoms with E-state index < -0.39 is 0 Å². The SMILES string of the molecule is CN(CCN)Cc1coc(-c2ccc(F)cc2)n1. The predicted octanol–water partition coefficient (Wildman–Crippen LogP) is 1.87. The van der Waals surface area contributed by atoms with Gasteiger partial charge in [0.1, 0.15) is 12.1 Å². The van der Waals surface area contributed by atoms with Crippen molar-refractivity contribution in [3.63, 3.8) is 0 Å². The monoisotopic (exact) mass is 249 g/mol. The summed E-state index contributed by atoms with van der Waals surface area (Å²) in [6.07, 6.45) is 1.62. The van der Waals surface area contributed by atoms with Crippen LogP contribution in [0.5, 0.6) is 0 Å². The van der Waals surface area contributed by atoms with Crippen LogP contribution in [0.4, 0.5) is 4.39 Å². The van der Waals surface area contributed by atoms with E-state index >= 15 is 0 Å². The van der Waals surface area contributed by atoms with Crippen molar-refractivity contribution in [3.8, 4) is 11.5 Å². The number of hydrogen-bond donors (Lipinski definition) is 1. The van der Waals surface area contributed by atoms with E-state index in [4.69, 9.17) is 10.2 Å². The molecule has 0 aliphatic rings. The third-order valence-electron chi connectivity index (χ3n) is 2.59. The third-order valence-corrected chi connectivity index (χ3v) is 2.59. The molecule has 0 saturated heterocycles. The number of hydrogen-bond acceptors (Lipinski definition) is 4. The number of rotatable bonds is 5. The minimum atomic E-state index is -0.270. The Kier molecular flexibility index (Phi) is 4.07. The first-order valence-corrected chi connectivity index (χ1v) is 5.78. The fourth-order valence-corrected chi connectivity index (χ4v) is 1.68. The Morgan fingerprint density at radius 1 is 1.33 bits per heavy atom. The second-order valence-corrected chi connectivity index (χ2v) is 4.18. The number of oxazole rings is 1. The van der Waals surface area contributed by atoms with Gasteiger partial charge < -0.3 is 10.2 Å². The van der Waals surface area contributed by atoms with E-state index in [9.17, 15) is 4.39 Å². The van der Waals surface area contributed by atoms with Crippen molar-refractivity contribution in [2.24, 2.45) is 5.73 Å². The average molecular weight is 249 g/mol. The fourth-order valence-electron chi connectivity index (χ4n) is 1.68. The lowest BCUT2D eigenvalue weighted by atomic mass is 10.2. The lowest BCUT2D eigenvalue weighted by Gasteiger charge is -2.12. The van der Waals surface area contributed by atoms with Crippen LogP contribution < -0.4 is 5.73 Å². The highest BCUT2D eigenvalue weighted by molar-refractivity contribution is 5.52. The van der Waals surface area contributed by atoms with Gasteiger partial charge in [0.25, 0.3) is 0 Å². The largest absolute Gasteiger partial charge is 0.444 e. The first-order chi connectivity index (χ1) is 8.69. The lowest BCUT2D eigenvalue weighted by Crippen LogP contribution is -2.25. The molecule has 0 unspecified atom stereocenters. The van der Waals surface area contributed by atoms with Gasteiger partial charge in [0.15, 0.2) is 0 Å². The lowest BCUT2D eigenvalue weighted by molar-refractivity contribution is 0.332. The summed E-state index contributed by atoms with van der Waals surface area (Å²) in [5, 5.41) is 0. The first-order valence-electron chi connectivity index (χ1n) is 5.78. The van der Waals surface area contributed by atoms with Gasteiger partial charge in [0.05, 0.1) is 5.69 Å².